The van der Waals surface area contributed by atoms with E-state index in [4.69, 9.17) is 0 Å². The van der Waals surface area contributed by atoms with Gasteiger partial charge in [0.2, 0.25) is 0 Å². The number of nitrogens with one attached hydrogen (secondary N) is 1. The lowest BCUT2D eigenvalue weighted by atomic mass is 9.81. The molecule has 0 spiro atoms. The minimum absolute atomic E-state index is 0.769. The van der Waals surface area contributed by atoms with Gasteiger partial charge < -0.3 is 5.32 Å². The highest BCUT2D eigenvalue weighted by Gasteiger charge is 2.41. The average molecular weight is 278 g/mol. The van der Waals surface area contributed by atoms with E-state index < -0.39 is 0 Å². The van der Waals surface area contributed by atoms with Gasteiger partial charge in [-0.05, 0) is 43.4 Å². The maximum atomic E-state index is 3.87. The molecule has 0 radical (unpaired) electrons. The molecule has 2 aliphatic carbocycles. The van der Waals surface area contributed by atoms with E-state index >= 15 is 0 Å². The molecule has 3 rings (SSSR count). The van der Waals surface area contributed by atoms with Gasteiger partial charge in [-0.2, -0.15) is 0 Å². The van der Waals surface area contributed by atoms with E-state index in [1.54, 1.807) is 0 Å². The Morgan fingerprint density at radius 1 is 1.15 bits per heavy atom. The first kappa shape index (κ1) is 14.8. The molecule has 1 aliphatic heterocycles. The molecule has 1 saturated heterocycles. The van der Waals surface area contributed by atoms with Crippen LogP contribution in [0.2, 0.25) is 0 Å². The summed E-state index contributed by atoms with van der Waals surface area (Å²) in [5.74, 6) is 2.77. The minimum Gasteiger partial charge on any atom is -0.311 e. The van der Waals surface area contributed by atoms with Gasteiger partial charge in [-0.15, -0.1) is 0 Å². The Balaban J connectivity index is 1.67. The number of piperazine rings is 1. The van der Waals surface area contributed by atoms with Gasteiger partial charge in [-0.25, -0.2) is 0 Å². The standard InChI is InChI=1S/C18H34N2/c1-4-14-6-5-7-16(10-14)20-12-17(15-8-9-15)19-11-18(20)13(2)3/h13-19H,4-12H2,1-3H3. The van der Waals surface area contributed by atoms with Crippen molar-refractivity contribution < 1.29 is 0 Å². The predicted octanol–water partition coefficient (Wildman–Crippen LogP) is 3.66. The van der Waals surface area contributed by atoms with Crippen molar-refractivity contribution in [2.75, 3.05) is 13.1 Å². The fourth-order valence-corrected chi connectivity index (χ4v) is 4.60. The lowest BCUT2D eigenvalue weighted by Crippen LogP contribution is -2.62. The van der Waals surface area contributed by atoms with Crippen molar-refractivity contribution in [2.45, 2.75) is 83.8 Å². The topological polar surface area (TPSA) is 15.3 Å². The van der Waals surface area contributed by atoms with Crippen molar-refractivity contribution in [2.24, 2.45) is 17.8 Å². The summed E-state index contributed by atoms with van der Waals surface area (Å²) in [6.07, 6.45) is 10.2. The summed E-state index contributed by atoms with van der Waals surface area (Å²) in [5, 5.41) is 3.87. The molecule has 3 fully saturated rings. The van der Waals surface area contributed by atoms with E-state index in [0.29, 0.717) is 0 Å². The maximum Gasteiger partial charge on any atom is 0.0247 e. The molecule has 2 saturated carbocycles. The quantitative estimate of drug-likeness (QED) is 0.844. The summed E-state index contributed by atoms with van der Waals surface area (Å²) >= 11 is 0. The van der Waals surface area contributed by atoms with E-state index in [1.165, 1.54) is 58.0 Å². The lowest BCUT2D eigenvalue weighted by Gasteiger charge is -2.48. The first-order chi connectivity index (χ1) is 9.69. The number of rotatable bonds is 4. The second-order valence-electron chi connectivity index (χ2n) is 7.96. The minimum atomic E-state index is 0.769. The van der Waals surface area contributed by atoms with E-state index in [9.17, 15) is 0 Å². The van der Waals surface area contributed by atoms with Crippen LogP contribution in [0.4, 0.5) is 0 Å². The van der Waals surface area contributed by atoms with E-state index in [2.05, 4.69) is 31.0 Å². The Kier molecular flexibility index (Phi) is 4.72. The second kappa shape index (κ2) is 6.36. The lowest BCUT2D eigenvalue weighted by molar-refractivity contribution is 0.0245. The molecule has 0 aromatic heterocycles. The zero-order valence-corrected chi connectivity index (χ0v) is 13.8. The monoisotopic (exact) mass is 278 g/mol. The third kappa shape index (κ3) is 3.22. The molecule has 0 aromatic rings. The fraction of sp³-hybridized carbons (Fsp3) is 1.00. The summed E-state index contributed by atoms with van der Waals surface area (Å²) in [4.78, 5) is 2.94. The molecule has 4 unspecified atom stereocenters. The molecule has 1 N–H and O–H groups in total. The van der Waals surface area contributed by atoms with Gasteiger partial charge in [0.1, 0.15) is 0 Å². The highest BCUT2D eigenvalue weighted by molar-refractivity contribution is 4.98. The van der Waals surface area contributed by atoms with Crippen LogP contribution in [0.15, 0.2) is 0 Å². The van der Waals surface area contributed by atoms with Gasteiger partial charge >= 0.3 is 0 Å². The molecule has 20 heavy (non-hydrogen) atoms. The summed E-state index contributed by atoms with van der Waals surface area (Å²) in [6, 6.07) is 2.45. The molecule has 3 aliphatic rings. The molecular formula is C18H34N2. The van der Waals surface area contributed by atoms with Gasteiger partial charge in [-0.1, -0.05) is 40.0 Å². The highest BCUT2D eigenvalue weighted by atomic mass is 15.3. The Labute approximate surface area is 125 Å². The average Bonchev–Trinajstić information content (AvgIpc) is 3.31. The first-order valence-corrected chi connectivity index (χ1v) is 9.18. The second-order valence-corrected chi connectivity index (χ2v) is 7.96. The van der Waals surface area contributed by atoms with E-state index in [0.717, 1.165) is 35.9 Å². The summed E-state index contributed by atoms with van der Waals surface area (Å²) < 4.78 is 0. The molecule has 2 nitrogen and oxygen atoms in total. The summed E-state index contributed by atoms with van der Waals surface area (Å²) in [5.41, 5.74) is 0. The Morgan fingerprint density at radius 3 is 2.60 bits per heavy atom. The normalized spacial score (nSPS) is 40.2. The zero-order valence-electron chi connectivity index (χ0n) is 13.8. The van der Waals surface area contributed by atoms with Crippen molar-refractivity contribution >= 4 is 0 Å². The third-order valence-corrected chi connectivity index (χ3v) is 6.18. The summed E-state index contributed by atoms with van der Waals surface area (Å²) in [6.45, 7) is 9.77. The zero-order chi connectivity index (χ0) is 14.1. The van der Waals surface area contributed by atoms with E-state index in [1.807, 2.05) is 0 Å². The molecule has 0 aromatic carbocycles. The van der Waals surface area contributed by atoms with Crippen molar-refractivity contribution in [3.63, 3.8) is 0 Å². The largest absolute Gasteiger partial charge is 0.311 e. The van der Waals surface area contributed by atoms with Crippen LogP contribution in [-0.2, 0) is 0 Å². The smallest absolute Gasteiger partial charge is 0.0247 e. The fourth-order valence-electron chi connectivity index (χ4n) is 4.60. The Bertz CT molecular complexity index is 311. The SMILES string of the molecule is CCC1CCCC(N2CC(C3CC3)NCC2C(C)C)C1. The van der Waals surface area contributed by atoms with Gasteiger partial charge in [0, 0.05) is 31.2 Å². The molecule has 1 heterocycles. The molecule has 0 amide bonds. The van der Waals surface area contributed by atoms with Gasteiger partial charge in [0.15, 0.2) is 0 Å². The number of nitrogens with zero attached hydrogens (tertiary/aromatic N) is 1. The molecule has 0 bridgehead atoms. The van der Waals surface area contributed by atoms with Crippen molar-refractivity contribution in [3.8, 4) is 0 Å². The molecular weight excluding hydrogens is 244 g/mol. The Hall–Kier alpha value is -0.0800. The van der Waals surface area contributed by atoms with Crippen molar-refractivity contribution in [3.05, 3.63) is 0 Å². The molecule has 116 valence electrons. The first-order valence-electron chi connectivity index (χ1n) is 9.18. The van der Waals surface area contributed by atoms with Crippen LogP contribution in [0, 0.1) is 17.8 Å². The predicted molar refractivity (Wildman–Crippen MR) is 85.9 cm³/mol. The van der Waals surface area contributed by atoms with Gasteiger partial charge in [0.25, 0.3) is 0 Å². The van der Waals surface area contributed by atoms with E-state index in [-0.39, 0.29) is 0 Å². The van der Waals surface area contributed by atoms with Crippen molar-refractivity contribution in [1.29, 1.82) is 0 Å². The molecule has 4 atom stereocenters. The van der Waals surface area contributed by atoms with Crippen LogP contribution in [0.25, 0.3) is 0 Å². The Morgan fingerprint density at radius 2 is 1.95 bits per heavy atom. The van der Waals surface area contributed by atoms with Crippen LogP contribution in [0.5, 0.6) is 0 Å². The third-order valence-electron chi connectivity index (χ3n) is 6.18. The van der Waals surface area contributed by atoms with Gasteiger partial charge in [-0.3, -0.25) is 4.90 Å². The number of hydrogen-bond donors (Lipinski definition) is 1. The maximum absolute atomic E-state index is 3.87. The van der Waals surface area contributed by atoms with Gasteiger partial charge in [0.05, 0.1) is 0 Å². The van der Waals surface area contributed by atoms with Crippen LogP contribution in [0.1, 0.15) is 65.7 Å². The van der Waals surface area contributed by atoms with Crippen LogP contribution >= 0.6 is 0 Å². The summed E-state index contributed by atoms with van der Waals surface area (Å²) in [7, 11) is 0. The highest BCUT2D eigenvalue weighted by Crippen LogP contribution is 2.37. The van der Waals surface area contributed by atoms with Crippen molar-refractivity contribution in [1.82, 2.24) is 10.2 Å². The van der Waals surface area contributed by atoms with Crippen LogP contribution < -0.4 is 5.32 Å². The van der Waals surface area contributed by atoms with Crippen LogP contribution in [0.3, 0.4) is 0 Å². The number of hydrogen-bond acceptors (Lipinski definition) is 2. The molecule has 2 heteroatoms. The van der Waals surface area contributed by atoms with Crippen LogP contribution in [-0.4, -0.2) is 36.1 Å².